The van der Waals surface area contributed by atoms with Crippen molar-refractivity contribution in [3.8, 4) is 0 Å². The van der Waals surface area contributed by atoms with Gasteiger partial charge in [-0.15, -0.1) is 0 Å². The standard InChI is InChI=1S/C9H19N3O3/c1-3-6(2)7(10)8(13)12-4-5-15-9(11)14/h6-7H,3-5,10H2,1-2H3,(H2,11,14)(H,12,13). The topological polar surface area (TPSA) is 107 Å². The first-order valence-corrected chi connectivity index (χ1v) is 4.94. The van der Waals surface area contributed by atoms with Gasteiger partial charge in [0, 0.05) is 0 Å². The van der Waals surface area contributed by atoms with Crippen molar-refractivity contribution in [2.24, 2.45) is 17.4 Å². The Labute approximate surface area is 89.3 Å². The van der Waals surface area contributed by atoms with Crippen molar-refractivity contribution in [3.63, 3.8) is 0 Å². The second-order valence-electron chi connectivity index (χ2n) is 3.37. The molecule has 5 N–H and O–H groups in total. The van der Waals surface area contributed by atoms with Gasteiger partial charge in [-0.05, 0) is 5.92 Å². The van der Waals surface area contributed by atoms with Gasteiger partial charge in [0.05, 0.1) is 12.6 Å². The van der Waals surface area contributed by atoms with Gasteiger partial charge < -0.3 is 21.5 Å². The zero-order chi connectivity index (χ0) is 11.8. The van der Waals surface area contributed by atoms with E-state index < -0.39 is 12.1 Å². The molecule has 0 aliphatic carbocycles. The third kappa shape index (κ3) is 5.90. The molecule has 0 fully saturated rings. The summed E-state index contributed by atoms with van der Waals surface area (Å²) in [7, 11) is 0. The van der Waals surface area contributed by atoms with E-state index in [0.29, 0.717) is 0 Å². The quantitative estimate of drug-likeness (QED) is 0.525. The van der Waals surface area contributed by atoms with Gasteiger partial charge in [0.15, 0.2) is 0 Å². The molecule has 6 nitrogen and oxygen atoms in total. The van der Waals surface area contributed by atoms with Crippen LogP contribution >= 0.6 is 0 Å². The van der Waals surface area contributed by atoms with Crippen molar-refractivity contribution in [1.82, 2.24) is 5.32 Å². The zero-order valence-electron chi connectivity index (χ0n) is 9.16. The molecule has 0 heterocycles. The van der Waals surface area contributed by atoms with Gasteiger partial charge in [-0.25, -0.2) is 4.79 Å². The molecule has 0 saturated heterocycles. The summed E-state index contributed by atoms with van der Waals surface area (Å²) < 4.78 is 4.44. The Morgan fingerprint density at radius 1 is 1.47 bits per heavy atom. The molecular formula is C9H19N3O3. The third-order valence-electron chi connectivity index (χ3n) is 2.21. The fourth-order valence-electron chi connectivity index (χ4n) is 0.956. The molecule has 88 valence electrons. The maximum Gasteiger partial charge on any atom is 0.404 e. The molecule has 0 aromatic carbocycles. The lowest BCUT2D eigenvalue weighted by atomic mass is 9.99. The lowest BCUT2D eigenvalue weighted by Gasteiger charge is -2.17. The summed E-state index contributed by atoms with van der Waals surface area (Å²) in [4.78, 5) is 21.6. The van der Waals surface area contributed by atoms with Crippen LogP contribution in [0.4, 0.5) is 4.79 Å². The molecular weight excluding hydrogens is 198 g/mol. The minimum Gasteiger partial charge on any atom is -0.448 e. The molecule has 0 rings (SSSR count). The van der Waals surface area contributed by atoms with Crippen LogP contribution in [-0.4, -0.2) is 31.2 Å². The minimum absolute atomic E-state index is 0.0638. The number of carbonyl (C=O) groups is 2. The highest BCUT2D eigenvalue weighted by molar-refractivity contribution is 5.81. The Morgan fingerprint density at radius 2 is 2.07 bits per heavy atom. The van der Waals surface area contributed by atoms with Crippen LogP contribution in [0, 0.1) is 5.92 Å². The summed E-state index contributed by atoms with van der Waals surface area (Å²) in [5.41, 5.74) is 10.4. The summed E-state index contributed by atoms with van der Waals surface area (Å²) >= 11 is 0. The first kappa shape index (κ1) is 13.7. The normalized spacial score (nSPS) is 14.1. The summed E-state index contributed by atoms with van der Waals surface area (Å²) in [6.45, 7) is 4.17. The Kier molecular flexibility index (Phi) is 6.44. The molecule has 0 bridgehead atoms. The molecule has 6 heteroatoms. The number of hydrogen-bond acceptors (Lipinski definition) is 4. The monoisotopic (exact) mass is 217 g/mol. The van der Waals surface area contributed by atoms with Gasteiger partial charge in [0.1, 0.15) is 6.61 Å². The Bertz CT molecular complexity index is 221. The fraction of sp³-hybridized carbons (Fsp3) is 0.778. The van der Waals surface area contributed by atoms with E-state index in [0.717, 1.165) is 6.42 Å². The van der Waals surface area contributed by atoms with Gasteiger partial charge in [0.25, 0.3) is 0 Å². The SMILES string of the molecule is CCC(C)C(N)C(=O)NCCOC(N)=O. The maximum atomic E-state index is 11.4. The molecule has 0 aromatic rings. The van der Waals surface area contributed by atoms with E-state index in [-0.39, 0.29) is 25.0 Å². The van der Waals surface area contributed by atoms with Gasteiger partial charge in [-0.3, -0.25) is 4.79 Å². The number of nitrogens with two attached hydrogens (primary N) is 2. The van der Waals surface area contributed by atoms with E-state index >= 15 is 0 Å². The van der Waals surface area contributed by atoms with Crippen molar-refractivity contribution < 1.29 is 14.3 Å². The van der Waals surface area contributed by atoms with Crippen LogP contribution in [0.1, 0.15) is 20.3 Å². The average molecular weight is 217 g/mol. The van der Waals surface area contributed by atoms with Crippen molar-refractivity contribution in [2.75, 3.05) is 13.2 Å². The predicted octanol–water partition coefficient (Wildman–Crippen LogP) is -0.429. The van der Waals surface area contributed by atoms with Crippen LogP contribution in [0.2, 0.25) is 0 Å². The number of rotatable bonds is 6. The van der Waals surface area contributed by atoms with Crippen molar-refractivity contribution in [2.45, 2.75) is 26.3 Å². The zero-order valence-corrected chi connectivity index (χ0v) is 9.16. The molecule has 0 radical (unpaired) electrons. The van der Waals surface area contributed by atoms with Gasteiger partial charge >= 0.3 is 6.09 Å². The van der Waals surface area contributed by atoms with Gasteiger partial charge in [-0.2, -0.15) is 0 Å². The number of carbonyl (C=O) groups excluding carboxylic acids is 2. The lowest BCUT2D eigenvalue weighted by molar-refractivity contribution is -0.123. The van der Waals surface area contributed by atoms with Crippen LogP contribution < -0.4 is 16.8 Å². The van der Waals surface area contributed by atoms with Gasteiger partial charge in [-0.1, -0.05) is 20.3 Å². The molecule has 0 saturated carbocycles. The number of primary amides is 1. The molecule has 0 aliphatic heterocycles. The fourth-order valence-corrected chi connectivity index (χ4v) is 0.956. The number of hydrogen-bond donors (Lipinski definition) is 3. The molecule has 2 amide bonds. The summed E-state index contributed by atoms with van der Waals surface area (Å²) in [6.07, 6.45) is -0.0118. The van der Waals surface area contributed by atoms with Crippen molar-refractivity contribution in [1.29, 1.82) is 0 Å². The van der Waals surface area contributed by atoms with E-state index in [2.05, 4.69) is 10.1 Å². The molecule has 2 unspecified atom stereocenters. The van der Waals surface area contributed by atoms with Crippen LogP contribution in [-0.2, 0) is 9.53 Å². The summed E-state index contributed by atoms with van der Waals surface area (Å²) in [5.74, 6) is -0.112. The largest absolute Gasteiger partial charge is 0.448 e. The first-order chi connectivity index (χ1) is 6.99. The maximum absolute atomic E-state index is 11.4. The first-order valence-electron chi connectivity index (χ1n) is 4.94. The Balaban J connectivity index is 3.69. The van der Waals surface area contributed by atoms with E-state index in [4.69, 9.17) is 11.5 Å². The molecule has 15 heavy (non-hydrogen) atoms. The highest BCUT2D eigenvalue weighted by Gasteiger charge is 2.18. The van der Waals surface area contributed by atoms with Crippen LogP contribution in [0.5, 0.6) is 0 Å². The molecule has 0 aliphatic rings. The van der Waals surface area contributed by atoms with Crippen molar-refractivity contribution in [3.05, 3.63) is 0 Å². The number of ether oxygens (including phenoxy) is 1. The third-order valence-corrected chi connectivity index (χ3v) is 2.21. The second kappa shape index (κ2) is 7.05. The molecule has 0 spiro atoms. The molecule has 2 atom stereocenters. The van der Waals surface area contributed by atoms with E-state index in [1.165, 1.54) is 0 Å². The average Bonchev–Trinajstić information content (AvgIpc) is 2.21. The minimum atomic E-state index is -0.851. The smallest absolute Gasteiger partial charge is 0.404 e. The highest BCUT2D eigenvalue weighted by atomic mass is 16.5. The highest BCUT2D eigenvalue weighted by Crippen LogP contribution is 2.04. The summed E-state index contributed by atoms with van der Waals surface area (Å²) in [5, 5.41) is 2.56. The Morgan fingerprint density at radius 3 is 2.53 bits per heavy atom. The lowest BCUT2D eigenvalue weighted by Crippen LogP contribution is -2.45. The number of amides is 2. The van der Waals surface area contributed by atoms with Crippen LogP contribution in [0.25, 0.3) is 0 Å². The van der Waals surface area contributed by atoms with Crippen molar-refractivity contribution >= 4 is 12.0 Å². The van der Waals surface area contributed by atoms with E-state index in [1.807, 2.05) is 13.8 Å². The van der Waals surface area contributed by atoms with E-state index in [9.17, 15) is 9.59 Å². The molecule has 0 aromatic heterocycles. The second-order valence-corrected chi connectivity index (χ2v) is 3.37. The van der Waals surface area contributed by atoms with Crippen LogP contribution in [0.3, 0.4) is 0 Å². The Hall–Kier alpha value is -1.30. The summed E-state index contributed by atoms with van der Waals surface area (Å²) in [6, 6.07) is -0.524. The predicted molar refractivity (Wildman–Crippen MR) is 56.0 cm³/mol. The number of nitrogens with one attached hydrogen (secondary N) is 1. The van der Waals surface area contributed by atoms with Gasteiger partial charge in [0.2, 0.25) is 5.91 Å². The van der Waals surface area contributed by atoms with Crippen LogP contribution in [0.15, 0.2) is 0 Å². The van der Waals surface area contributed by atoms with E-state index in [1.54, 1.807) is 0 Å².